The van der Waals surface area contributed by atoms with E-state index in [0.29, 0.717) is 0 Å². The van der Waals surface area contributed by atoms with Gasteiger partial charge in [0.25, 0.3) is 0 Å². The number of rotatable bonds is 4. The van der Waals surface area contributed by atoms with Gasteiger partial charge in [0.1, 0.15) is 0 Å². The van der Waals surface area contributed by atoms with Gasteiger partial charge in [-0.25, -0.2) is 0 Å². The van der Waals surface area contributed by atoms with Crippen LogP contribution < -0.4 is 5.73 Å². The number of hydrogen-bond donors (Lipinski definition) is 2. The molecule has 0 fully saturated rings. The van der Waals surface area contributed by atoms with Gasteiger partial charge in [-0.05, 0) is 6.92 Å². The molecule has 0 atom stereocenters. The van der Waals surface area contributed by atoms with Gasteiger partial charge in [0, 0.05) is 25.2 Å². The molecule has 0 rings (SSSR count). The molecule has 2 amide bonds. The van der Waals surface area contributed by atoms with E-state index in [1.807, 2.05) is 0 Å². The van der Waals surface area contributed by atoms with Crippen molar-refractivity contribution < 1.29 is 14.7 Å². The van der Waals surface area contributed by atoms with E-state index in [1.165, 1.54) is 18.9 Å². The maximum atomic E-state index is 11.3. The highest BCUT2D eigenvalue weighted by atomic mass is 16.3. The SMILES string of the molecule is CC(=CC(N)=O)C(=O)N(C)CCO. The first kappa shape index (κ1) is 11.6. The molecule has 0 spiro atoms. The largest absolute Gasteiger partial charge is 0.395 e. The minimum absolute atomic E-state index is 0.105. The minimum atomic E-state index is -0.650. The van der Waals surface area contributed by atoms with Crippen LogP contribution in [0.2, 0.25) is 0 Å². The summed E-state index contributed by atoms with van der Waals surface area (Å²) in [6.45, 7) is 1.63. The van der Waals surface area contributed by atoms with Gasteiger partial charge in [-0.15, -0.1) is 0 Å². The third-order valence-corrected chi connectivity index (χ3v) is 1.48. The number of hydrogen-bond acceptors (Lipinski definition) is 3. The van der Waals surface area contributed by atoms with Crippen molar-refractivity contribution in [3.05, 3.63) is 11.6 Å². The fourth-order valence-corrected chi connectivity index (χ4v) is 0.828. The molecular formula is C8H14N2O3. The van der Waals surface area contributed by atoms with Crippen LogP contribution in [0, 0.1) is 0 Å². The van der Waals surface area contributed by atoms with Crippen LogP contribution in [-0.4, -0.2) is 42.0 Å². The number of carbonyl (C=O) groups is 2. The zero-order valence-electron chi connectivity index (χ0n) is 7.78. The topological polar surface area (TPSA) is 83.6 Å². The monoisotopic (exact) mass is 186 g/mol. The number of amides is 2. The lowest BCUT2D eigenvalue weighted by Gasteiger charge is -2.15. The van der Waals surface area contributed by atoms with Crippen LogP contribution in [0.3, 0.4) is 0 Å². The lowest BCUT2D eigenvalue weighted by molar-refractivity contribution is -0.126. The Morgan fingerprint density at radius 3 is 2.46 bits per heavy atom. The van der Waals surface area contributed by atoms with Crippen LogP contribution in [0.15, 0.2) is 11.6 Å². The predicted octanol–water partition coefficient (Wildman–Crippen LogP) is -1.13. The summed E-state index contributed by atoms with van der Waals surface area (Å²) in [6.07, 6.45) is 1.07. The molecule has 74 valence electrons. The number of primary amides is 1. The van der Waals surface area contributed by atoms with Crippen molar-refractivity contribution >= 4 is 11.8 Å². The quantitative estimate of drug-likeness (QED) is 0.545. The van der Waals surface area contributed by atoms with Crippen LogP contribution in [0.25, 0.3) is 0 Å². The van der Waals surface area contributed by atoms with Crippen LogP contribution in [-0.2, 0) is 9.59 Å². The number of aliphatic hydroxyl groups is 1. The summed E-state index contributed by atoms with van der Waals surface area (Å²) in [7, 11) is 1.54. The smallest absolute Gasteiger partial charge is 0.249 e. The maximum Gasteiger partial charge on any atom is 0.249 e. The van der Waals surface area contributed by atoms with Crippen LogP contribution in [0.4, 0.5) is 0 Å². The first-order chi connectivity index (χ1) is 5.99. The molecule has 3 N–H and O–H groups in total. The zero-order chi connectivity index (χ0) is 10.4. The summed E-state index contributed by atoms with van der Waals surface area (Å²) in [5, 5.41) is 8.54. The molecule has 13 heavy (non-hydrogen) atoms. The van der Waals surface area contributed by atoms with E-state index in [4.69, 9.17) is 10.8 Å². The first-order valence-electron chi connectivity index (χ1n) is 3.83. The molecule has 0 aromatic rings. The van der Waals surface area contributed by atoms with Crippen molar-refractivity contribution in [3.8, 4) is 0 Å². The third-order valence-electron chi connectivity index (χ3n) is 1.48. The molecule has 0 radical (unpaired) electrons. The molecule has 0 aromatic heterocycles. The number of carbonyl (C=O) groups excluding carboxylic acids is 2. The van der Waals surface area contributed by atoms with Gasteiger partial charge in [-0.2, -0.15) is 0 Å². The Balaban J connectivity index is 4.33. The van der Waals surface area contributed by atoms with E-state index in [-0.39, 0.29) is 24.6 Å². The summed E-state index contributed by atoms with van der Waals surface area (Å²) < 4.78 is 0. The standard InChI is InChI=1S/C8H14N2O3/c1-6(5-7(9)12)8(13)10(2)3-4-11/h5,11H,3-4H2,1-2H3,(H2,9,12). The number of nitrogens with zero attached hydrogens (tertiary/aromatic N) is 1. The van der Waals surface area contributed by atoms with Crippen molar-refractivity contribution in [1.29, 1.82) is 0 Å². The average Bonchev–Trinajstić information content (AvgIpc) is 2.02. The number of nitrogens with two attached hydrogens (primary N) is 1. The van der Waals surface area contributed by atoms with E-state index in [9.17, 15) is 9.59 Å². The number of likely N-dealkylation sites (N-methyl/N-ethyl adjacent to an activating group) is 1. The molecule has 0 unspecified atom stereocenters. The van der Waals surface area contributed by atoms with Crippen molar-refractivity contribution in [3.63, 3.8) is 0 Å². The summed E-state index contributed by atoms with van der Waals surface area (Å²) in [4.78, 5) is 23.0. The van der Waals surface area contributed by atoms with Gasteiger partial charge in [0.2, 0.25) is 11.8 Å². The molecule has 5 nitrogen and oxygen atoms in total. The van der Waals surface area contributed by atoms with Crippen molar-refractivity contribution in [2.45, 2.75) is 6.92 Å². The molecule has 0 bridgehead atoms. The second kappa shape index (κ2) is 5.31. The van der Waals surface area contributed by atoms with E-state index < -0.39 is 5.91 Å². The fourth-order valence-electron chi connectivity index (χ4n) is 0.828. The minimum Gasteiger partial charge on any atom is -0.395 e. The molecule has 0 aliphatic heterocycles. The van der Waals surface area contributed by atoms with E-state index in [2.05, 4.69) is 0 Å². The molecule has 0 aromatic carbocycles. The average molecular weight is 186 g/mol. The van der Waals surface area contributed by atoms with Gasteiger partial charge < -0.3 is 15.7 Å². The highest BCUT2D eigenvalue weighted by Gasteiger charge is 2.10. The Morgan fingerprint density at radius 1 is 1.54 bits per heavy atom. The Bertz CT molecular complexity index is 236. The third kappa shape index (κ3) is 4.27. The summed E-state index contributed by atoms with van der Waals surface area (Å²) in [5.74, 6) is -0.962. The van der Waals surface area contributed by atoms with Gasteiger partial charge in [-0.1, -0.05) is 0 Å². The van der Waals surface area contributed by atoms with Crippen molar-refractivity contribution in [2.75, 3.05) is 20.2 Å². The van der Waals surface area contributed by atoms with Gasteiger partial charge in [-0.3, -0.25) is 9.59 Å². The molecule has 0 aliphatic carbocycles. The molecule has 0 saturated carbocycles. The van der Waals surface area contributed by atoms with E-state index in [0.717, 1.165) is 6.08 Å². The molecular weight excluding hydrogens is 172 g/mol. The summed E-state index contributed by atoms with van der Waals surface area (Å²) in [6, 6.07) is 0. The molecule has 0 heterocycles. The Kier molecular flexibility index (Phi) is 4.76. The molecule has 5 heteroatoms. The molecule has 0 aliphatic rings. The van der Waals surface area contributed by atoms with Gasteiger partial charge in [0.15, 0.2) is 0 Å². The normalized spacial score (nSPS) is 11.2. The Labute approximate surface area is 76.8 Å². The lowest BCUT2D eigenvalue weighted by Crippen LogP contribution is -2.30. The predicted molar refractivity (Wildman–Crippen MR) is 47.7 cm³/mol. The second-order valence-corrected chi connectivity index (χ2v) is 2.68. The van der Waals surface area contributed by atoms with Crippen LogP contribution in [0.1, 0.15) is 6.92 Å². The summed E-state index contributed by atoms with van der Waals surface area (Å²) in [5.41, 5.74) is 5.14. The van der Waals surface area contributed by atoms with Crippen LogP contribution >= 0.6 is 0 Å². The highest BCUT2D eigenvalue weighted by molar-refractivity contribution is 5.99. The van der Waals surface area contributed by atoms with Crippen molar-refractivity contribution in [1.82, 2.24) is 4.90 Å². The van der Waals surface area contributed by atoms with Gasteiger partial charge in [0.05, 0.1) is 6.61 Å². The van der Waals surface area contributed by atoms with E-state index in [1.54, 1.807) is 0 Å². The maximum absolute atomic E-state index is 11.3. The lowest BCUT2D eigenvalue weighted by atomic mass is 10.2. The Morgan fingerprint density at radius 2 is 2.08 bits per heavy atom. The highest BCUT2D eigenvalue weighted by Crippen LogP contribution is 1.97. The fraction of sp³-hybridized carbons (Fsp3) is 0.500. The second-order valence-electron chi connectivity index (χ2n) is 2.68. The van der Waals surface area contributed by atoms with Crippen molar-refractivity contribution in [2.24, 2.45) is 5.73 Å². The summed E-state index contributed by atoms with van der Waals surface area (Å²) >= 11 is 0. The van der Waals surface area contributed by atoms with Crippen LogP contribution in [0.5, 0.6) is 0 Å². The first-order valence-corrected chi connectivity index (χ1v) is 3.83. The van der Waals surface area contributed by atoms with Gasteiger partial charge >= 0.3 is 0 Å². The zero-order valence-corrected chi connectivity index (χ0v) is 7.78. The Hall–Kier alpha value is -1.36. The van der Waals surface area contributed by atoms with E-state index >= 15 is 0 Å². The number of aliphatic hydroxyl groups excluding tert-OH is 1. The molecule has 0 saturated heterocycles.